The maximum absolute atomic E-state index is 12.1. The molecule has 0 aliphatic carbocycles. The van der Waals surface area contributed by atoms with Crippen molar-refractivity contribution in [1.29, 1.82) is 0 Å². The van der Waals surface area contributed by atoms with Crippen LogP contribution in [0.5, 0.6) is 5.75 Å². The van der Waals surface area contributed by atoms with Crippen LogP contribution in [0.3, 0.4) is 0 Å². The fourth-order valence-corrected chi connectivity index (χ4v) is 4.08. The van der Waals surface area contributed by atoms with Crippen LogP contribution in [0.15, 0.2) is 22.1 Å². The molecule has 2 aromatic heterocycles. The van der Waals surface area contributed by atoms with Gasteiger partial charge in [-0.1, -0.05) is 13.8 Å². The molecule has 144 valence electrons. The van der Waals surface area contributed by atoms with Gasteiger partial charge >= 0.3 is 0 Å². The van der Waals surface area contributed by atoms with Crippen molar-refractivity contribution in [3.05, 3.63) is 45.1 Å². The summed E-state index contributed by atoms with van der Waals surface area (Å²) in [6, 6.07) is 3.64. The Morgan fingerprint density at radius 1 is 1.37 bits per heavy atom. The molecule has 6 nitrogen and oxygen atoms in total. The molecule has 2 heterocycles. The van der Waals surface area contributed by atoms with Crippen LogP contribution in [-0.2, 0) is 12.0 Å². The van der Waals surface area contributed by atoms with Crippen LogP contribution < -0.4 is 10.5 Å². The summed E-state index contributed by atoms with van der Waals surface area (Å²) >= 11 is 1.54. The third kappa shape index (κ3) is 3.57. The average Bonchev–Trinajstić information content (AvgIpc) is 3.13. The Hall–Kier alpha value is -2.38. The Kier molecular flexibility index (Phi) is 5.26. The summed E-state index contributed by atoms with van der Waals surface area (Å²) in [5.41, 5.74) is 9.69. The number of amides is 1. The lowest BCUT2D eigenvalue weighted by Crippen LogP contribution is -2.22. The molecule has 0 bridgehead atoms. The molecule has 3 aromatic rings. The highest BCUT2D eigenvalue weighted by Gasteiger charge is 2.31. The van der Waals surface area contributed by atoms with Crippen molar-refractivity contribution in [3.8, 4) is 5.75 Å². The van der Waals surface area contributed by atoms with Gasteiger partial charge in [-0.05, 0) is 37.8 Å². The number of fused-ring (bicyclic) bond motifs is 1. The lowest BCUT2D eigenvalue weighted by molar-refractivity contribution is 0.1000. The highest BCUT2D eigenvalue weighted by atomic mass is 32.1. The van der Waals surface area contributed by atoms with E-state index in [-0.39, 0.29) is 6.61 Å². The van der Waals surface area contributed by atoms with Gasteiger partial charge in [0.2, 0.25) is 0 Å². The van der Waals surface area contributed by atoms with E-state index < -0.39 is 11.3 Å². The van der Waals surface area contributed by atoms with E-state index in [9.17, 15) is 9.90 Å². The molecule has 1 aromatic carbocycles. The van der Waals surface area contributed by atoms with E-state index in [2.05, 4.69) is 4.98 Å². The maximum atomic E-state index is 12.1. The standard InChI is InChI=1S/C20H24N2O4S/c1-11-15(27-10-22-11)9-25-14-6-5-13-17(16(19(21)24)12(2)26-13)18(14)20(3,4)7-8-23/h5-6,10,23H,7-9H2,1-4H3,(H2,21,24). The van der Waals surface area contributed by atoms with Gasteiger partial charge in [0.15, 0.2) is 0 Å². The van der Waals surface area contributed by atoms with Gasteiger partial charge in [-0.3, -0.25) is 4.79 Å². The second-order valence-corrected chi connectivity index (χ2v) is 8.16. The minimum Gasteiger partial charge on any atom is -0.488 e. The van der Waals surface area contributed by atoms with Crippen LogP contribution in [0.2, 0.25) is 0 Å². The second-order valence-electron chi connectivity index (χ2n) is 7.22. The molecule has 27 heavy (non-hydrogen) atoms. The van der Waals surface area contributed by atoms with Gasteiger partial charge in [0.1, 0.15) is 23.7 Å². The van der Waals surface area contributed by atoms with Crippen LogP contribution in [-0.4, -0.2) is 22.6 Å². The largest absolute Gasteiger partial charge is 0.488 e. The van der Waals surface area contributed by atoms with Gasteiger partial charge in [-0.15, -0.1) is 11.3 Å². The summed E-state index contributed by atoms with van der Waals surface area (Å²) in [7, 11) is 0. The number of aliphatic hydroxyl groups is 1. The molecule has 0 aliphatic heterocycles. The smallest absolute Gasteiger partial charge is 0.252 e. The predicted molar refractivity (Wildman–Crippen MR) is 105 cm³/mol. The van der Waals surface area contributed by atoms with Gasteiger partial charge in [0, 0.05) is 17.6 Å². The molecular weight excluding hydrogens is 364 g/mol. The lowest BCUT2D eigenvalue weighted by Gasteiger charge is -2.28. The number of furan rings is 1. The van der Waals surface area contributed by atoms with E-state index >= 15 is 0 Å². The van der Waals surface area contributed by atoms with Crippen molar-refractivity contribution in [2.75, 3.05) is 6.61 Å². The summed E-state index contributed by atoms with van der Waals surface area (Å²) in [5.74, 6) is 0.591. The summed E-state index contributed by atoms with van der Waals surface area (Å²) in [5, 5.41) is 10.2. The van der Waals surface area contributed by atoms with E-state index in [0.717, 1.165) is 16.1 Å². The number of carbonyl (C=O) groups is 1. The molecule has 0 aliphatic rings. The minimum absolute atomic E-state index is 0.0134. The molecule has 0 saturated heterocycles. The summed E-state index contributed by atoms with van der Waals surface area (Å²) < 4.78 is 11.9. The zero-order valence-electron chi connectivity index (χ0n) is 16.0. The third-order valence-electron chi connectivity index (χ3n) is 4.86. The Labute approximate surface area is 162 Å². The van der Waals surface area contributed by atoms with Crippen molar-refractivity contribution < 1.29 is 19.1 Å². The molecule has 3 rings (SSSR count). The number of aryl methyl sites for hydroxylation is 2. The Morgan fingerprint density at radius 2 is 2.11 bits per heavy atom. The summed E-state index contributed by atoms with van der Waals surface area (Å²) in [6.45, 7) is 8.09. The maximum Gasteiger partial charge on any atom is 0.252 e. The summed E-state index contributed by atoms with van der Waals surface area (Å²) in [6.07, 6.45) is 0.504. The zero-order valence-corrected chi connectivity index (χ0v) is 16.8. The SMILES string of the molecule is Cc1ncsc1COc1ccc2oc(C)c(C(N)=O)c2c1C(C)(C)CCO. The van der Waals surface area contributed by atoms with Gasteiger partial charge in [0.05, 0.1) is 21.6 Å². The normalized spacial score (nSPS) is 11.9. The number of benzene rings is 1. The molecule has 3 N–H and O–H groups in total. The monoisotopic (exact) mass is 388 g/mol. The minimum atomic E-state index is -0.539. The highest BCUT2D eigenvalue weighted by Crippen LogP contribution is 2.43. The van der Waals surface area contributed by atoms with E-state index in [1.807, 2.05) is 26.8 Å². The number of carbonyl (C=O) groups excluding carboxylic acids is 1. The zero-order chi connectivity index (χ0) is 19.8. The first-order valence-electron chi connectivity index (χ1n) is 8.75. The quantitative estimate of drug-likeness (QED) is 0.641. The van der Waals surface area contributed by atoms with Crippen molar-refractivity contribution in [2.45, 2.75) is 46.1 Å². The molecular formula is C20H24N2O4S. The lowest BCUT2D eigenvalue weighted by atomic mass is 9.78. The number of nitrogens with two attached hydrogens (primary N) is 1. The molecule has 0 spiro atoms. The van der Waals surface area contributed by atoms with E-state index in [4.69, 9.17) is 14.9 Å². The van der Waals surface area contributed by atoms with Gasteiger partial charge in [0.25, 0.3) is 5.91 Å². The van der Waals surface area contributed by atoms with E-state index in [1.165, 1.54) is 11.3 Å². The predicted octanol–water partition coefficient (Wildman–Crippen LogP) is 3.84. The Balaban J connectivity index is 2.19. The van der Waals surface area contributed by atoms with Crippen LogP contribution in [0, 0.1) is 13.8 Å². The van der Waals surface area contributed by atoms with Crippen LogP contribution >= 0.6 is 11.3 Å². The van der Waals surface area contributed by atoms with Crippen molar-refractivity contribution in [3.63, 3.8) is 0 Å². The molecule has 1 amide bonds. The second kappa shape index (κ2) is 7.32. The first kappa shape index (κ1) is 19.4. The fourth-order valence-electron chi connectivity index (χ4n) is 3.39. The van der Waals surface area contributed by atoms with E-state index in [0.29, 0.717) is 41.1 Å². The van der Waals surface area contributed by atoms with Crippen LogP contribution in [0.4, 0.5) is 0 Å². The van der Waals surface area contributed by atoms with Crippen molar-refractivity contribution in [1.82, 2.24) is 4.98 Å². The van der Waals surface area contributed by atoms with Crippen LogP contribution in [0.1, 0.15) is 52.5 Å². The topological polar surface area (TPSA) is 98.6 Å². The number of ether oxygens (including phenoxy) is 1. The van der Waals surface area contributed by atoms with Crippen LogP contribution in [0.25, 0.3) is 11.0 Å². The molecule has 7 heteroatoms. The van der Waals surface area contributed by atoms with Gasteiger partial charge < -0.3 is 20.0 Å². The molecule has 0 atom stereocenters. The van der Waals surface area contributed by atoms with Gasteiger partial charge in [-0.25, -0.2) is 4.98 Å². The number of nitrogens with zero attached hydrogens (tertiary/aromatic N) is 1. The number of hydrogen-bond donors (Lipinski definition) is 2. The summed E-state index contributed by atoms with van der Waals surface area (Å²) in [4.78, 5) is 17.4. The van der Waals surface area contributed by atoms with Gasteiger partial charge in [-0.2, -0.15) is 0 Å². The molecule has 0 fully saturated rings. The van der Waals surface area contributed by atoms with Crippen molar-refractivity contribution >= 4 is 28.2 Å². The fraction of sp³-hybridized carbons (Fsp3) is 0.400. The molecule has 0 unspecified atom stereocenters. The number of primary amides is 1. The number of hydrogen-bond acceptors (Lipinski definition) is 6. The number of aliphatic hydroxyl groups excluding tert-OH is 1. The number of thiazole rings is 1. The molecule has 0 radical (unpaired) electrons. The number of rotatable bonds is 7. The first-order valence-corrected chi connectivity index (χ1v) is 9.63. The Morgan fingerprint density at radius 3 is 2.70 bits per heavy atom. The Bertz CT molecular complexity index is 987. The highest BCUT2D eigenvalue weighted by molar-refractivity contribution is 7.09. The number of aromatic nitrogens is 1. The third-order valence-corrected chi connectivity index (χ3v) is 5.77. The average molecular weight is 388 g/mol. The molecule has 0 saturated carbocycles. The van der Waals surface area contributed by atoms with Crippen molar-refractivity contribution in [2.24, 2.45) is 5.73 Å². The first-order chi connectivity index (χ1) is 12.8. The van der Waals surface area contributed by atoms with E-state index in [1.54, 1.807) is 18.5 Å².